The molecule has 0 aromatic heterocycles. The van der Waals surface area contributed by atoms with Gasteiger partial charge in [-0.1, -0.05) is 0 Å². The molecule has 0 radical (unpaired) electrons. The van der Waals surface area contributed by atoms with Gasteiger partial charge in [-0.05, 0) is 52.9 Å². The highest BCUT2D eigenvalue weighted by atomic mass is 16.6. The maximum atomic E-state index is 12.4. The van der Waals surface area contributed by atoms with Gasteiger partial charge in [-0.3, -0.25) is 4.79 Å². The number of esters is 1. The number of nitrogens with one attached hydrogen (secondary N) is 1. The van der Waals surface area contributed by atoms with Crippen LogP contribution in [0.2, 0.25) is 0 Å². The summed E-state index contributed by atoms with van der Waals surface area (Å²) in [5.41, 5.74) is 5.45. The van der Waals surface area contributed by atoms with Crippen LogP contribution in [0.1, 0.15) is 52.9 Å². The van der Waals surface area contributed by atoms with E-state index in [0.717, 1.165) is 6.42 Å². The Balaban J connectivity index is 2.28. The number of nitrogens with two attached hydrogens (primary N) is 1. The first-order valence-corrected chi connectivity index (χ1v) is 8.76. The molecule has 0 aliphatic carbocycles. The van der Waals surface area contributed by atoms with E-state index in [-0.39, 0.29) is 11.9 Å². The molecule has 1 heterocycles. The van der Waals surface area contributed by atoms with Crippen LogP contribution >= 0.6 is 0 Å². The van der Waals surface area contributed by atoms with Crippen LogP contribution in [0, 0.1) is 0 Å². The summed E-state index contributed by atoms with van der Waals surface area (Å²) in [7, 11) is 1.32. The molecular weight excluding hydrogens is 326 g/mol. The molecule has 0 saturated carbocycles. The van der Waals surface area contributed by atoms with Gasteiger partial charge in [0.15, 0.2) is 0 Å². The summed E-state index contributed by atoms with van der Waals surface area (Å²) in [5.74, 6) is -0.604. The molecule has 1 saturated heterocycles. The van der Waals surface area contributed by atoms with Crippen molar-refractivity contribution < 1.29 is 23.9 Å². The normalized spacial score (nSPS) is 18.6. The molecule has 8 heteroatoms. The predicted octanol–water partition coefficient (Wildman–Crippen LogP) is 1.17. The Kier molecular flexibility index (Phi) is 8.15. The van der Waals surface area contributed by atoms with E-state index in [2.05, 4.69) is 5.32 Å². The van der Waals surface area contributed by atoms with Crippen LogP contribution < -0.4 is 11.1 Å². The van der Waals surface area contributed by atoms with Crippen molar-refractivity contribution in [3.8, 4) is 0 Å². The van der Waals surface area contributed by atoms with Gasteiger partial charge in [0.25, 0.3) is 0 Å². The van der Waals surface area contributed by atoms with Gasteiger partial charge in [0.2, 0.25) is 5.91 Å². The molecule has 1 fully saturated rings. The van der Waals surface area contributed by atoms with Crippen molar-refractivity contribution in [2.45, 2.75) is 70.6 Å². The number of nitrogens with zero attached hydrogens (tertiary/aromatic N) is 1. The number of unbranched alkanes of at least 4 members (excludes halogenated alkanes) is 1. The molecule has 1 aliphatic rings. The van der Waals surface area contributed by atoms with Crippen molar-refractivity contribution in [1.29, 1.82) is 0 Å². The lowest BCUT2D eigenvalue weighted by atomic mass is 10.1. The lowest BCUT2D eigenvalue weighted by molar-refractivity contribution is -0.151. The Bertz CT molecular complexity index is 475. The Morgan fingerprint density at radius 2 is 1.96 bits per heavy atom. The second-order valence-corrected chi connectivity index (χ2v) is 7.24. The molecule has 0 aromatic rings. The third-order valence-electron chi connectivity index (χ3n) is 3.94. The fraction of sp³-hybridized carbons (Fsp3) is 0.824. The average molecular weight is 357 g/mol. The molecule has 0 spiro atoms. The number of rotatable bonds is 7. The van der Waals surface area contributed by atoms with Gasteiger partial charge >= 0.3 is 12.1 Å². The van der Waals surface area contributed by atoms with Gasteiger partial charge in [0.1, 0.15) is 11.6 Å². The van der Waals surface area contributed by atoms with Crippen LogP contribution in [-0.4, -0.2) is 60.8 Å². The fourth-order valence-corrected chi connectivity index (χ4v) is 2.74. The largest absolute Gasteiger partial charge is 0.467 e. The summed E-state index contributed by atoms with van der Waals surface area (Å²) >= 11 is 0. The summed E-state index contributed by atoms with van der Waals surface area (Å²) in [4.78, 5) is 37.1. The van der Waals surface area contributed by atoms with Crippen molar-refractivity contribution in [3.63, 3.8) is 0 Å². The second kappa shape index (κ2) is 9.60. The van der Waals surface area contributed by atoms with E-state index in [1.54, 1.807) is 20.8 Å². The van der Waals surface area contributed by atoms with E-state index in [1.807, 2.05) is 0 Å². The van der Waals surface area contributed by atoms with Gasteiger partial charge in [0, 0.05) is 13.1 Å². The lowest BCUT2D eigenvalue weighted by Gasteiger charge is -2.25. The molecule has 0 bridgehead atoms. The number of methoxy groups -OCH3 is 1. The minimum absolute atomic E-state index is 0.215. The number of amides is 2. The molecule has 25 heavy (non-hydrogen) atoms. The molecule has 2 unspecified atom stereocenters. The Morgan fingerprint density at radius 1 is 1.28 bits per heavy atom. The molecule has 0 aromatic carbocycles. The summed E-state index contributed by atoms with van der Waals surface area (Å²) < 4.78 is 9.88. The van der Waals surface area contributed by atoms with E-state index < -0.39 is 23.8 Å². The van der Waals surface area contributed by atoms with Gasteiger partial charge < -0.3 is 25.4 Å². The fourth-order valence-electron chi connectivity index (χ4n) is 2.74. The number of hydrogen-bond acceptors (Lipinski definition) is 6. The third-order valence-corrected chi connectivity index (χ3v) is 3.94. The predicted molar refractivity (Wildman–Crippen MR) is 92.8 cm³/mol. The zero-order valence-corrected chi connectivity index (χ0v) is 15.7. The number of ether oxygens (including phenoxy) is 2. The van der Waals surface area contributed by atoms with Crippen LogP contribution in [0.25, 0.3) is 0 Å². The number of carbonyl (C=O) groups is 3. The summed E-state index contributed by atoms with van der Waals surface area (Å²) in [6.07, 6.45) is 2.83. The highest BCUT2D eigenvalue weighted by molar-refractivity contribution is 5.88. The molecule has 1 rings (SSSR count). The quantitative estimate of drug-likeness (QED) is 0.523. The van der Waals surface area contributed by atoms with Crippen molar-refractivity contribution in [2.24, 2.45) is 5.73 Å². The Hall–Kier alpha value is -1.83. The first kappa shape index (κ1) is 21.2. The van der Waals surface area contributed by atoms with Crippen LogP contribution in [-0.2, 0) is 19.1 Å². The Labute approximate surface area is 149 Å². The first-order valence-electron chi connectivity index (χ1n) is 8.76. The van der Waals surface area contributed by atoms with Crippen molar-refractivity contribution >= 4 is 18.0 Å². The molecule has 2 atom stereocenters. The zero-order valence-electron chi connectivity index (χ0n) is 15.7. The Morgan fingerprint density at radius 3 is 2.56 bits per heavy atom. The van der Waals surface area contributed by atoms with Crippen LogP contribution in [0.15, 0.2) is 0 Å². The summed E-state index contributed by atoms with van der Waals surface area (Å²) in [6, 6.07) is -1.16. The van der Waals surface area contributed by atoms with Crippen LogP contribution in [0.3, 0.4) is 0 Å². The molecule has 8 nitrogen and oxygen atoms in total. The first-order chi connectivity index (χ1) is 11.7. The lowest BCUT2D eigenvalue weighted by Crippen LogP contribution is -2.48. The maximum absolute atomic E-state index is 12.4. The molecular formula is C17H31N3O5. The van der Waals surface area contributed by atoms with Gasteiger partial charge in [-0.15, -0.1) is 0 Å². The SMILES string of the molecule is COC(=O)C1CCCN1C(=O)C(N)CCCCNC(=O)OC(C)(C)C. The number of likely N-dealkylation sites (tertiary alicyclic amines) is 1. The minimum atomic E-state index is -0.646. The number of hydrogen-bond donors (Lipinski definition) is 2. The molecule has 144 valence electrons. The van der Waals surface area contributed by atoms with Gasteiger partial charge in [-0.2, -0.15) is 0 Å². The molecule has 3 N–H and O–H groups in total. The smallest absolute Gasteiger partial charge is 0.407 e. The molecule has 2 amide bonds. The van der Waals surface area contributed by atoms with E-state index in [9.17, 15) is 14.4 Å². The van der Waals surface area contributed by atoms with Crippen molar-refractivity contribution in [2.75, 3.05) is 20.2 Å². The van der Waals surface area contributed by atoms with Crippen LogP contribution in [0.5, 0.6) is 0 Å². The average Bonchev–Trinajstić information content (AvgIpc) is 3.00. The monoisotopic (exact) mass is 357 g/mol. The second-order valence-electron chi connectivity index (χ2n) is 7.24. The number of alkyl carbamates (subject to hydrolysis) is 1. The standard InChI is InChI=1S/C17H31N3O5/c1-17(2,3)25-16(23)19-10-6-5-8-12(18)14(21)20-11-7-9-13(20)15(22)24-4/h12-13H,5-11,18H2,1-4H3,(H,19,23). The zero-order chi connectivity index (χ0) is 19.0. The van der Waals surface area contributed by atoms with Gasteiger partial charge in [-0.25, -0.2) is 9.59 Å². The topological polar surface area (TPSA) is 111 Å². The molecule has 1 aliphatic heterocycles. The van der Waals surface area contributed by atoms with Crippen molar-refractivity contribution in [1.82, 2.24) is 10.2 Å². The van der Waals surface area contributed by atoms with Gasteiger partial charge in [0.05, 0.1) is 13.2 Å². The van der Waals surface area contributed by atoms with E-state index in [4.69, 9.17) is 15.2 Å². The van der Waals surface area contributed by atoms with Crippen LogP contribution in [0.4, 0.5) is 4.79 Å². The highest BCUT2D eigenvalue weighted by Gasteiger charge is 2.36. The van der Waals surface area contributed by atoms with E-state index in [0.29, 0.717) is 38.8 Å². The highest BCUT2D eigenvalue weighted by Crippen LogP contribution is 2.20. The number of carbonyl (C=O) groups excluding carboxylic acids is 3. The maximum Gasteiger partial charge on any atom is 0.407 e. The summed E-state index contributed by atoms with van der Waals surface area (Å²) in [5, 5.41) is 2.67. The minimum Gasteiger partial charge on any atom is -0.467 e. The van der Waals surface area contributed by atoms with Crippen molar-refractivity contribution in [3.05, 3.63) is 0 Å². The summed E-state index contributed by atoms with van der Waals surface area (Å²) in [6.45, 7) is 6.41. The van der Waals surface area contributed by atoms with E-state index in [1.165, 1.54) is 12.0 Å². The third kappa shape index (κ3) is 7.29. The van der Waals surface area contributed by atoms with E-state index >= 15 is 0 Å².